The van der Waals surface area contributed by atoms with Crippen LogP contribution in [-0.4, -0.2) is 34.4 Å². The monoisotopic (exact) mass is 368 g/mol. The highest BCUT2D eigenvalue weighted by Crippen LogP contribution is 2.29. The molecule has 0 saturated carbocycles. The number of nitrogens with zero attached hydrogens (tertiary/aromatic N) is 2. The molecule has 5 heteroatoms. The number of hydrogen-bond acceptors (Lipinski definition) is 4. The topological polar surface area (TPSA) is 41.9 Å². The van der Waals surface area contributed by atoms with Crippen LogP contribution in [-0.2, 0) is 4.79 Å². The predicted octanol–water partition coefficient (Wildman–Crippen LogP) is 4.64. The number of aliphatic imine (C=N–C) groups is 1. The van der Waals surface area contributed by atoms with Gasteiger partial charge < -0.3 is 4.74 Å². The number of amides is 1. The Morgan fingerprint density at radius 2 is 1.96 bits per heavy atom. The third-order valence-electron chi connectivity index (χ3n) is 4.20. The van der Waals surface area contributed by atoms with Crippen LogP contribution in [0.15, 0.2) is 47.5 Å². The van der Waals surface area contributed by atoms with Crippen molar-refractivity contribution in [2.45, 2.75) is 32.9 Å². The van der Waals surface area contributed by atoms with Crippen molar-refractivity contribution in [3.05, 3.63) is 59.2 Å². The fraction of sp³-hybridized carbons (Fsp3) is 0.333. The van der Waals surface area contributed by atoms with E-state index in [-0.39, 0.29) is 12.5 Å². The first-order valence-corrected chi connectivity index (χ1v) is 9.63. The molecular weight excluding hydrogens is 344 g/mol. The van der Waals surface area contributed by atoms with Crippen LogP contribution in [0.3, 0.4) is 0 Å². The zero-order chi connectivity index (χ0) is 18.7. The zero-order valence-corrected chi connectivity index (χ0v) is 16.5. The predicted molar refractivity (Wildman–Crippen MR) is 108 cm³/mol. The Hall–Kier alpha value is -2.27. The third-order valence-corrected chi connectivity index (χ3v) is 5.27. The minimum Gasteiger partial charge on any atom is -0.483 e. The summed E-state index contributed by atoms with van der Waals surface area (Å²) in [5.74, 6) is 0.699. The fourth-order valence-electron chi connectivity index (χ4n) is 2.80. The molecule has 1 aliphatic heterocycles. The van der Waals surface area contributed by atoms with Crippen LogP contribution in [0.25, 0.3) is 0 Å². The number of amidine groups is 1. The first-order chi connectivity index (χ1) is 12.4. The summed E-state index contributed by atoms with van der Waals surface area (Å²) in [5.41, 5.74) is 4.17. The maximum atomic E-state index is 12.7. The van der Waals surface area contributed by atoms with E-state index in [4.69, 9.17) is 4.74 Å². The molecule has 1 fully saturated rings. The minimum atomic E-state index is -0.0610. The number of aryl methyl sites for hydroxylation is 3. The molecular formula is C21H24N2O2S. The van der Waals surface area contributed by atoms with Crippen molar-refractivity contribution in [1.29, 1.82) is 0 Å². The van der Waals surface area contributed by atoms with Crippen LogP contribution in [0.2, 0.25) is 0 Å². The molecule has 1 aliphatic rings. The Morgan fingerprint density at radius 1 is 1.19 bits per heavy atom. The summed E-state index contributed by atoms with van der Waals surface area (Å²) in [7, 11) is 0. The Kier molecular flexibility index (Phi) is 5.67. The van der Waals surface area contributed by atoms with Crippen LogP contribution >= 0.6 is 11.8 Å². The smallest absolute Gasteiger partial charge is 0.266 e. The lowest BCUT2D eigenvalue weighted by Crippen LogP contribution is -2.36. The molecule has 1 amide bonds. The minimum absolute atomic E-state index is 0.0183. The number of carbonyl (C=O) groups excluding carboxylic acids is 1. The maximum absolute atomic E-state index is 12.7. The van der Waals surface area contributed by atoms with Crippen molar-refractivity contribution in [3.8, 4) is 5.75 Å². The molecule has 0 aliphatic carbocycles. The van der Waals surface area contributed by atoms with Gasteiger partial charge >= 0.3 is 0 Å². The van der Waals surface area contributed by atoms with Crippen LogP contribution in [0.5, 0.6) is 5.75 Å². The van der Waals surface area contributed by atoms with Gasteiger partial charge in [0.05, 0.1) is 5.69 Å². The van der Waals surface area contributed by atoms with Gasteiger partial charge in [0, 0.05) is 11.8 Å². The quantitative estimate of drug-likeness (QED) is 0.789. The summed E-state index contributed by atoms with van der Waals surface area (Å²) >= 11 is 1.63. The van der Waals surface area contributed by atoms with E-state index in [1.54, 1.807) is 16.7 Å². The molecule has 0 N–H and O–H groups in total. The van der Waals surface area contributed by atoms with E-state index < -0.39 is 0 Å². The van der Waals surface area contributed by atoms with Gasteiger partial charge in [-0.25, -0.2) is 4.99 Å². The normalized spacial score (nSPS) is 18.4. The van der Waals surface area contributed by atoms with Crippen LogP contribution in [0, 0.1) is 20.8 Å². The molecule has 1 unspecified atom stereocenters. The fourth-order valence-corrected chi connectivity index (χ4v) is 3.84. The molecule has 26 heavy (non-hydrogen) atoms. The maximum Gasteiger partial charge on any atom is 0.266 e. The van der Waals surface area contributed by atoms with E-state index in [0.717, 1.165) is 33.3 Å². The Morgan fingerprint density at radius 3 is 2.73 bits per heavy atom. The summed E-state index contributed by atoms with van der Waals surface area (Å²) in [6, 6.07) is 14.0. The number of carbonyl (C=O) groups is 1. The summed E-state index contributed by atoms with van der Waals surface area (Å²) < 4.78 is 5.79. The molecule has 0 radical (unpaired) electrons. The standard InChI is InChI=1S/C21H24N2O2S/c1-14-6-5-7-18(10-14)22-21-23(12-17(4)26-21)20(24)13-25-19-11-15(2)8-9-16(19)3/h5-11,17H,12-13H2,1-4H3. The molecule has 0 aromatic heterocycles. The molecule has 1 saturated heterocycles. The molecule has 1 atom stereocenters. The third kappa shape index (κ3) is 4.47. The number of hydrogen-bond donors (Lipinski definition) is 0. The second kappa shape index (κ2) is 7.96. The first kappa shape index (κ1) is 18.5. The molecule has 0 spiro atoms. The van der Waals surface area contributed by atoms with Crippen molar-refractivity contribution >= 4 is 28.5 Å². The van der Waals surface area contributed by atoms with Crippen LogP contribution in [0.1, 0.15) is 23.6 Å². The van der Waals surface area contributed by atoms with Gasteiger partial charge in [-0.05, 0) is 55.7 Å². The van der Waals surface area contributed by atoms with Gasteiger partial charge in [-0.2, -0.15) is 0 Å². The van der Waals surface area contributed by atoms with Gasteiger partial charge in [-0.15, -0.1) is 0 Å². The molecule has 2 aromatic rings. The van der Waals surface area contributed by atoms with Crippen molar-refractivity contribution in [1.82, 2.24) is 4.90 Å². The average Bonchev–Trinajstić information content (AvgIpc) is 2.96. The van der Waals surface area contributed by atoms with Crippen LogP contribution in [0.4, 0.5) is 5.69 Å². The van der Waals surface area contributed by atoms with E-state index in [9.17, 15) is 4.79 Å². The van der Waals surface area contributed by atoms with Crippen molar-refractivity contribution < 1.29 is 9.53 Å². The summed E-state index contributed by atoms with van der Waals surface area (Å²) in [4.78, 5) is 19.2. The van der Waals surface area contributed by atoms with Crippen LogP contribution < -0.4 is 4.74 Å². The molecule has 1 heterocycles. The van der Waals surface area contributed by atoms with E-state index in [2.05, 4.69) is 11.9 Å². The summed E-state index contributed by atoms with van der Waals surface area (Å²) in [5, 5.41) is 1.07. The number of benzene rings is 2. The Labute approximate surface area is 159 Å². The largest absolute Gasteiger partial charge is 0.483 e. The lowest BCUT2D eigenvalue weighted by atomic mass is 10.1. The second-order valence-corrected chi connectivity index (χ2v) is 8.13. The molecule has 3 rings (SSSR count). The van der Waals surface area contributed by atoms with Gasteiger partial charge in [0.2, 0.25) is 0 Å². The van der Waals surface area contributed by atoms with Crippen molar-refractivity contribution in [2.75, 3.05) is 13.2 Å². The van der Waals surface area contributed by atoms with E-state index in [1.165, 1.54) is 0 Å². The second-order valence-electron chi connectivity index (χ2n) is 6.72. The summed E-state index contributed by atoms with van der Waals surface area (Å²) in [6.45, 7) is 8.82. The average molecular weight is 369 g/mol. The van der Waals surface area contributed by atoms with Gasteiger partial charge in [0.1, 0.15) is 5.75 Å². The number of ether oxygens (including phenoxy) is 1. The lowest BCUT2D eigenvalue weighted by Gasteiger charge is -2.17. The first-order valence-electron chi connectivity index (χ1n) is 8.75. The number of rotatable bonds is 4. The van der Waals surface area contributed by atoms with E-state index in [0.29, 0.717) is 11.8 Å². The highest BCUT2D eigenvalue weighted by molar-refractivity contribution is 8.14. The van der Waals surface area contributed by atoms with E-state index >= 15 is 0 Å². The van der Waals surface area contributed by atoms with Crippen molar-refractivity contribution in [3.63, 3.8) is 0 Å². The van der Waals surface area contributed by atoms with Crippen molar-refractivity contribution in [2.24, 2.45) is 4.99 Å². The highest BCUT2D eigenvalue weighted by Gasteiger charge is 2.31. The highest BCUT2D eigenvalue weighted by atomic mass is 32.2. The van der Waals surface area contributed by atoms with E-state index in [1.807, 2.05) is 63.2 Å². The SMILES string of the molecule is Cc1cccc(N=C2SC(C)CN2C(=O)COc2cc(C)ccc2C)c1. The Balaban J connectivity index is 1.73. The lowest BCUT2D eigenvalue weighted by molar-refractivity contribution is -0.129. The van der Waals surface area contributed by atoms with Gasteiger partial charge in [0.25, 0.3) is 5.91 Å². The van der Waals surface area contributed by atoms with Gasteiger partial charge in [0.15, 0.2) is 11.8 Å². The Bertz CT molecular complexity index is 848. The molecule has 136 valence electrons. The molecule has 0 bridgehead atoms. The molecule has 4 nitrogen and oxygen atoms in total. The molecule has 2 aromatic carbocycles. The zero-order valence-electron chi connectivity index (χ0n) is 15.7. The number of thioether (sulfide) groups is 1. The van der Waals surface area contributed by atoms with Gasteiger partial charge in [-0.1, -0.05) is 43.0 Å². The van der Waals surface area contributed by atoms with Gasteiger partial charge in [-0.3, -0.25) is 9.69 Å². The summed E-state index contributed by atoms with van der Waals surface area (Å²) in [6.07, 6.45) is 0.